The number of aromatic nitrogens is 1. The van der Waals surface area contributed by atoms with Crippen molar-refractivity contribution in [2.75, 3.05) is 0 Å². The van der Waals surface area contributed by atoms with E-state index in [-0.39, 0.29) is 0 Å². The van der Waals surface area contributed by atoms with Gasteiger partial charge in [0.1, 0.15) is 0 Å². The zero-order valence-corrected chi connectivity index (χ0v) is 33.5. The summed E-state index contributed by atoms with van der Waals surface area (Å²) in [4.78, 5) is 0. The molecule has 1 heterocycles. The second-order valence-electron chi connectivity index (χ2n) is 16.0. The van der Waals surface area contributed by atoms with Crippen LogP contribution < -0.4 is 0 Å². The molecule has 284 valence electrons. The molecule has 1 aromatic heterocycles. The number of benzene rings is 11. The van der Waals surface area contributed by atoms with Crippen LogP contribution in [0.1, 0.15) is 0 Å². The minimum Gasteiger partial charge on any atom is -0.309 e. The fraction of sp³-hybridized carbons (Fsp3) is 0. The van der Waals surface area contributed by atoms with Gasteiger partial charge in [-0.15, -0.1) is 0 Å². The van der Waals surface area contributed by atoms with E-state index in [9.17, 15) is 0 Å². The summed E-state index contributed by atoms with van der Waals surface area (Å²) < 4.78 is 2.44. The van der Waals surface area contributed by atoms with Crippen molar-refractivity contribution in [3.05, 3.63) is 237 Å². The SMILES string of the molecule is c1ccc(-c2ccc(-c3ccccc3)n2-c2ccc3c(-c4cccc5ccccc45)c4ccccc4c(-c4ccc(-c5cc6ccccc6c6ccccc56)cc4)c3c2)cc1. The quantitative estimate of drug-likeness (QED) is 0.117. The van der Waals surface area contributed by atoms with Gasteiger partial charge in [-0.2, -0.15) is 0 Å². The topological polar surface area (TPSA) is 4.93 Å². The molecule has 0 bridgehead atoms. The van der Waals surface area contributed by atoms with Crippen LogP contribution in [0.5, 0.6) is 0 Å². The van der Waals surface area contributed by atoms with Crippen LogP contribution in [-0.2, 0) is 0 Å². The van der Waals surface area contributed by atoms with Gasteiger partial charge < -0.3 is 4.57 Å². The van der Waals surface area contributed by atoms with E-state index >= 15 is 0 Å². The van der Waals surface area contributed by atoms with Gasteiger partial charge in [-0.25, -0.2) is 0 Å². The second-order valence-corrected chi connectivity index (χ2v) is 16.0. The Labute approximate surface area is 355 Å². The van der Waals surface area contributed by atoms with Crippen molar-refractivity contribution in [3.8, 4) is 61.6 Å². The van der Waals surface area contributed by atoms with Gasteiger partial charge >= 0.3 is 0 Å². The summed E-state index contributed by atoms with van der Waals surface area (Å²) in [6.45, 7) is 0. The van der Waals surface area contributed by atoms with E-state index in [4.69, 9.17) is 0 Å². The van der Waals surface area contributed by atoms with Crippen molar-refractivity contribution in [1.82, 2.24) is 4.57 Å². The first-order valence-electron chi connectivity index (χ1n) is 21.1. The highest BCUT2D eigenvalue weighted by atomic mass is 15.0. The van der Waals surface area contributed by atoms with Gasteiger partial charge in [0.25, 0.3) is 0 Å². The summed E-state index contributed by atoms with van der Waals surface area (Å²) >= 11 is 0. The summed E-state index contributed by atoms with van der Waals surface area (Å²) in [5.41, 5.74) is 13.2. The molecule has 1 nitrogen and oxygen atoms in total. The zero-order valence-electron chi connectivity index (χ0n) is 33.5. The van der Waals surface area contributed by atoms with Crippen LogP contribution in [0.3, 0.4) is 0 Å². The van der Waals surface area contributed by atoms with E-state index in [0.29, 0.717) is 0 Å². The molecule has 1 heteroatoms. The van der Waals surface area contributed by atoms with E-state index in [1.807, 2.05) is 0 Å². The zero-order chi connectivity index (χ0) is 40.3. The van der Waals surface area contributed by atoms with Gasteiger partial charge in [0.2, 0.25) is 0 Å². The number of hydrogen-bond donors (Lipinski definition) is 0. The maximum atomic E-state index is 2.44. The molecule has 0 saturated heterocycles. The summed E-state index contributed by atoms with van der Waals surface area (Å²) in [5.74, 6) is 0. The molecule has 12 aromatic rings. The molecule has 0 aliphatic rings. The maximum absolute atomic E-state index is 2.44. The van der Waals surface area contributed by atoms with Gasteiger partial charge in [-0.3, -0.25) is 0 Å². The maximum Gasteiger partial charge on any atom is 0.0535 e. The normalized spacial score (nSPS) is 11.6. The Morgan fingerprint density at radius 2 is 0.738 bits per heavy atom. The molecule has 0 atom stereocenters. The molecular weight excluding hydrogens is 735 g/mol. The Hall–Kier alpha value is -8.00. The first kappa shape index (κ1) is 35.0. The average molecular weight is 774 g/mol. The smallest absolute Gasteiger partial charge is 0.0535 e. The summed E-state index contributed by atoms with van der Waals surface area (Å²) in [6.07, 6.45) is 0. The first-order chi connectivity index (χ1) is 30.3. The average Bonchev–Trinajstić information content (AvgIpc) is 3.79. The van der Waals surface area contributed by atoms with Gasteiger partial charge in [-0.05, 0) is 129 Å². The lowest BCUT2D eigenvalue weighted by Gasteiger charge is -2.21. The first-order valence-corrected chi connectivity index (χ1v) is 21.1. The Morgan fingerprint density at radius 3 is 1.43 bits per heavy atom. The minimum atomic E-state index is 1.12. The molecule has 0 spiro atoms. The predicted octanol–water partition coefficient (Wildman–Crippen LogP) is 16.6. The molecule has 0 unspecified atom stereocenters. The Kier molecular flexibility index (Phi) is 8.25. The fourth-order valence-electron chi connectivity index (χ4n) is 9.84. The molecular formula is C60H39N. The highest BCUT2D eigenvalue weighted by Gasteiger charge is 2.21. The van der Waals surface area contributed by atoms with E-state index in [1.165, 1.54) is 98.4 Å². The van der Waals surface area contributed by atoms with Gasteiger partial charge in [-0.1, -0.05) is 206 Å². The van der Waals surface area contributed by atoms with Crippen molar-refractivity contribution >= 4 is 53.9 Å². The number of fused-ring (bicyclic) bond motifs is 6. The van der Waals surface area contributed by atoms with Crippen LogP contribution in [0.2, 0.25) is 0 Å². The third kappa shape index (κ3) is 5.78. The highest BCUT2D eigenvalue weighted by molar-refractivity contribution is 6.24. The lowest BCUT2D eigenvalue weighted by Crippen LogP contribution is -2.00. The van der Waals surface area contributed by atoms with Crippen molar-refractivity contribution < 1.29 is 0 Å². The van der Waals surface area contributed by atoms with Gasteiger partial charge in [0, 0.05) is 5.69 Å². The van der Waals surface area contributed by atoms with Gasteiger partial charge in [0.15, 0.2) is 0 Å². The van der Waals surface area contributed by atoms with Crippen molar-refractivity contribution in [2.45, 2.75) is 0 Å². The van der Waals surface area contributed by atoms with Crippen LogP contribution >= 0.6 is 0 Å². The van der Waals surface area contributed by atoms with Crippen LogP contribution in [0.15, 0.2) is 237 Å². The van der Waals surface area contributed by atoms with Crippen molar-refractivity contribution in [1.29, 1.82) is 0 Å². The molecule has 61 heavy (non-hydrogen) atoms. The van der Waals surface area contributed by atoms with Crippen LogP contribution in [0.4, 0.5) is 0 Å². The van der Waals surface area contributed by atoms with E-state index in [2.05, 4.69) is 241 Å². The molecule has 0 radical (unpaired) electrons. The fourth-order valence-corrected chi connectivity index (χ4v) is 9.84. The van der Waals surface area contributed by atoms with E-state index in [0.717, 1.165) is 17.1 Å². The predicted molar refractivity (Wildman–Crippen MR) is 260 cm³/mol. The number of nitrogens with zero attached hydrogens (tertiary/aromatic N) is 1. The molecule has 0 fully saturated rings. The third-order valence-electron chi connectivity index (χ3n) is 12.6. The third-order valence-corrected chi connectivity index (χ3v) is 12.6. The molecule has 0 aliphatic carbocycles. The molecule has 11 aromatic carbocycles. The highest BCUT2D eigenvalue weighted by Crippen LogP contribution is 2.47. The molecule has 12 rings (SSSR count). The van der Waals surface area contributed by atoms with Gasteiger partial charge in [0.05, 0.1) is 11.4 Å². The summed E-state index contributed by atoms with van der Waals surface area (Å²) in [5, 5.41) is 12.5. The molecule has 0 aliphatic heterocycles. The van der Waals surface area contributed by atoms with Crippen LogP contribution in [0, 0.1) is 0 Å². The Balaban J connectivity index is 1.14. The standard InChI is InChI=1S/C60H39N/c1-3-17-42(18-4-1)57-36-37-58(43-19-5-2-6-20-43)61(57)46-34-35-54-56(39-46)59(52-27-13-14-28-53(52)60(54)51-29-15-22-40-16-7-9-23-47(40)51)44-32-30-41(31-33-44)55-38-45-21-8-10-24-48(45)49-25-11-12-26-50(49)55/h1-39H. The number of rotatable bonds is 6. The number of hydrogen-bond acceptors (Lipinski definition) is 0. The molecule has 0 N–H and O–H groups in total. The molecule has 0 amide bonds. The van der Waals surface area contributed by atoms with Crippen LogP contribution in [0.25, 0.3) is 115 Å². The van der Waals surface area contributed by atoms with E-state index in [1.54, 1.807) is 0 Å². The lowest BCUT2D eigenvalue weighted by molar-refractivity contribution is 1.10. The van der Waals surface area contributed by atoms with E-state index < -0.39 is 0 Å². The summed E-state index contributed by atoms with van der Waals surface area (Å²) in [7, 11) is 0. The molecule has 0 saturated carbocycles. The largest absolute Gasteiger partial charge is 0.309 e. The van der Waals surface area contributed by atoms with Crippen LogP contribution in [-0.4, -0.2) is 4.57 Å². The monoisotopic (exact) mass is 773 g/mol. The Morgan fingerprint density at radius 1 is 0.230 bits per heavy atom. The summed E-state index contributed by atoms with van der Waals surface area (Å²) in [6, 6.07) is 86.9. The van der Waals surface area contributed by atoms with Crippen molar-refractivity contribution in [2.24, 2.45) is 0 Å². The second kappa shape index (κ2) is 14.4. The van der Waals surface area contributed by atoms with Crippen molar-refractivity contribution in [3.63, 3.8) is 0 Å². The lowest BCUT2D eigenvalue weighted by atomic mass is 9.84. The Bertz CT molecular complexity index is 3550. The minimum absolute atomic E-state index is 1.12.